The lowest BCUT2D eigenvalue weighted by Gasteiger charge is -2.56. The van der Waals surface area contributed by atoms with Crippen molar-refractivity contribution in [2.75, 3.05) is 6.61 Å². The molecule has 0 radical (unpaired) electrons. The maximum atomic E-state index is 12.5. The Morgan fingerprint density at radius 2 is 1.71 bits per heavy atom. The standard InChI is InChI=1S/C21H27N5O5/c1-24-18-17(19(29)25(2)20(24)30)26(11-22-18)9-16(28)31-10-15(27)23-21-6-12-3-13(7-21)5-14(4-12)8-21/h11-14H,3-10H2,1-2H3,(H,23,27). The average Bonchev–Trinajstić information content (AvgIpc) is 3.11. The summed E-state index contributed by atoms with van der Waals surface area (Å²) < 4.78 is 8.74. The zero-order valence-electron chi connectivity index (χ0n) is 17.8. The minimum atomic E-state index is -0.643. The Morgan fingerprint density at radius 1 is 1.10 bits per heavy atom. The van der Waals surface area contributed by atoms with Crippen LogP contribution in [0.2, 0.25) is 0 Å². The number of esters is 1. The van der Waals surface area contributed by atoms with Gasteiger partial charge in [-0.3, -0.25) is 23.5 Å². The van der Waals surface area contributed by atoms with Gasteiger partial charge in [0.25, 0.3) is 11.5 Å². The number of aromatic nitrogens is 4. The van der Waals surface area contributed by atoms with Crippen molar-refractivity contribution in [1.29, 1.82) is 0 Å². The topological polar surface area (TPSA) is 117 Å². The second kappa shape index (κ2) is 7.06. The average molecular weight is 429 g/mol. The Kier molecular flexibility index (Phi) is 4.56. The van der Waals surface area contributed by atoms with Crippen LogP contribution in [0.5, 0.6) is 0 Å². The molecule has 0 unspecified atom stereocenters. The van der Waals surface area contributed by atoms with Crippen molar-refractivity contribution in [3.05, 3.63) is 27.2 Å². The largest absolute Gasteiger partial charge is 0.454 e. The lowest BCUT2D eigenvalue weighted by molar-refractivity contribution is -0.150. The lowest BCUT2D eigenvalue weighted by atomic mass is 9.53. The van der Waals surface area contributed by atoms with Crippen LogP contribution < -0.4 is 16.6 Å². The maximum absolute atomic E-state index is 12.5. The molecule has 0 atom stereocenters. The van der Waals surface area contributed by atoms with Crippen molar-refractivity contribution < 1.29 is 14.3 Å². The first-order valence-electron chi connectivity index (χ1n) is 10.8. The number of hydrogen-bond donors (Lipinski definition) is 1. The number of nitrogens with zero attached hydrogens (tertiary/aromatic N) is 4. The summed E-state index contributed by atoms with van der Waals surface area (Å²) in [6.07, 6.45) is 8.27. The second-order valence-electron chi connectivity index (χ2n) is 9.66. The highest BCUT2D eigenvalue weighted by atomic mass is 16.5. The molecule has 2 aromatic heterocycles. The first kappa shape index (κ1) is 20.0. The van der Waals surface area contributed by atoms with Crippen molar-refractivity contribution in [2.45, 2.75) is 50.6 Å². The van der Waals surface area contributed by atoms with E-state index in [1.165, 1.54) is 48.8 Å². The molecule has 6 rings (SSSR count). The zero-order chi connectivity index (χ0) is 21.9. The van der Waals surface area contributed by atoms with E-state index in [1.807, 2.05) is 0 Å². The van der Waals surface area contributed by atoms with Gasteiger partial charge in [0, 0.05) is 19.6 Å². The SMILES string of the molecule is Cn1c(=O)c2c(ncn2CC(=O)OCC(=O)NC23CC4CC(CC(C4)C2)C3)n(C)c1=O. The molecule has 4 saturated carbocycles. The summed E-state index contributed by atoms with van der Waals surface area (Å²) in [6, 6.07) is 0. The molecule has 0 aliphatic heterocycles. The summed E-state index contributed by atoms with van der Waals surface area (Å²) in [7, 11) is 2.88. The van der Waals surface area contributed by atoms with Gasteiger partial charge in [0.1, 0.15) is 6.54 Å². The van der Waals surface area contributed by atoms with Crippen LogP contribution >= 0.6 is 0 Å². The van der Waals surface area contributed by atoms with Crippen LogP contribution in [-0.2, 0) is 35.0 Å². The molecule has 0 aromatic carbocycles. The minimum absolute atomic E-state index is 0.129. The van der Waals surface area contributed by atoms with Gasteiger partial charge < -0.3 is 14.6 Å². The van der Waals surface area contributed by atoms with E-state index in [1.54, 1.807) is 0 Å². The molecule has 31 heavy (non-hydrogen) atoms. The lowest BCUT2D eigenvalue weighted by Crippen LogP contribution is -2.60. The van der Waals surface area contributed by atoms with E-state index in [4.69, 9.17) is 4.74 Å². The van der Waals surface area contributed by atoms with E-state index in [0.717, 1.165) is 23.8 Å². The number of ether oxygens (including phenoxy) is 1. The number of carbonyl (C=O) groups excluding carboxylic acids is 2. The molecular formula is C21H27N5O5. The van der Waals surface area contributed by atoms with Crippen LogP contribution in [0, 0.1) is 17.8 Å². The molecule has 2 heterocycles. The van der Waals surface area contributed by atoms with E-state index in [9.17, 15) is 19.2 Å². The van der Waals surface area contributed by atoms with Crippen molar-refractivity contribution in [3.8, 4) is 0 Å². The normalized spacial score (nSPS) is 28.8. The summed E-state index contributed by atoms with van der Waals surface area (Å²) in [5.74, 6) is 1.21. The van der Waals surface area contributed by atoms with Crippen molar-refractivity contribution in [3.63, 3.8) is 0 Å². The number of amides is 1. The number of fused-ring (bicyclic) bond motifs is 1. The molecule has 10 heteroatoms. The minimum Gasteiger partial charge on any atom is -0.454 e. The third-order valence-corrected chi connectivity index (χ3v) is 7.32. The second-order valence-corrected chi connectivity index (χ2v) is 9.66. The fourth-order valence-corrected chi connectivity index (χ4v) is 6.44. The molecule has 4 aliphatic carbocycles. The smallest absolute Gasteiger partial charge is 0.332 e. The summed E-state index contributed by atoms with van der Waals surface area (Å²) >= 11 is 0. The molecule has 1 N–H and O–H groups in total. The van der Waals surface area contributed by atoms with Gasteiger partial charge in [0.15, 0.2) is 17.8 Å². The third-order valence-electron chi connectivity index (χ3n) is 7.32. The molecule has 2 aromatic rings. The third kappa shape index (κ3) is 3.37. The van der Waals surface area contributed by atoms with Crippen LogP contribution in [0.1, 0.15) is 38.5 Å². The van der Waals surface area contributed by atoms with Crippen LogP contribution in [0.3, 0.4) is 0 Å². The number of hydrogen-bond acceptors (Lipinski definition) is 6. The van der Waals surface area contributed by atoms with Crippen molar-refractivity contribution in [2.24, 2.45) is 31.8 Å². The molecule has 4 bridgehead atoms. The van der Waals surface area contributed by atoms with E-state index >= 15 is 0 Å². The van der Waals surface area contributed by atoms with Gasteiger partial charge in [-0.15, -0.1) is 0 Å². The van der Waals surface area contributed by atoms with E-state index in [0.29, 0.717) is 17.8 Å². The molecule has 1 amide bonds. The van der Waals surface area contributed by atoms with Crippen LogP contribution in [0.25, 0.3) is 11.2 Å². The maximum Gasteiger partial charge on any atom is 0.332 e. The van der Waals surface area contributed by atoms with Crippen molar-refractivity contribution >= 4 is 23.0 Å². The van der Waals surface area contributed by atoms with Gasteiger partial charge in [-0.1, -0.05) is 0 Å². The monoisotopic (exact) mass is 429 g/mol. The molecular weight excluding hydrogens is 402 g/mol. The van der Waals surface area contributed by atoms with Gasteiger partial charge in [0.2, 0.25) is 0 Å². The molecule has 4 fully saturated rings. The number of nitrogens with one attached hydrogen (secondary N) is 1. The quantitative estimate of drug-likeness (QED) is 0.672. The Bertz CT molecular complexity index is 1150. The van der Waals surface area contributed by atoms with Crippen LogP contribution in [0.4, 0.5) is 0 Å². The highest BCUT2D eigenvalue weighted by Crippen LogP contribution is 2.55. The Morgan fingerprint density at radius 3 is 2.32 bits per heavy atom. The van der Waals surface area contributed by atoms with Gasteiger partial charge in [0.05, 0.1) is 6.33 Å². The van der Waals surface area contributed by atoms with Gasteiger partial charge >= 0.3 is 11.7 Å². The fourth-order valence-electron chi connectivity index (χ4n) is 6.44. The first-order chi connectivity index (χ1) is 14.7. The predicted molar refractivity (Wildman–Crippen MR) is 110 cm³/mol. The summed E-state index contributed by atoms with van der Waals surface area (Å²) in [5, 5.41) is 3.17. The molecule has 0 spiro atoms. The first-order valence-corrected chi connectivity index (χ1v) is 10.8. The summed E-state index contributed by atoms with van der Waals surface area (Å²) in [5.41, 5.74) is -0.829. The number of rotatable bonds is 5. The van der Waals surface area contributed by atoms with Gasteiger partial charge in [-0.05, 0) is 56.3 Å². The Balaban J connectivity index is 1.22. The molecule has 0 saturated heterocycles. The Labute approximate surface area is 178 Å². The van der Waals surface area contributed by atoms with E-state index in [-0.39, 0.29) is 35.8 Å². The van der Waals surface area contributed by atoms with Gasteiger partial charge in [-0.2, -0.15) is 0 Å². The van der Waals surface area contributed by atoms with E-state index in [2.05, 4.69) is 10.3 Å². The molecule has 166 valence electrons. The molecule has 10 nitrogen and oxygen atoms in total. The van der Waals surface area contributed by atoms with E-state index < -0.39 is 17.2 Å². The highest BCUT2D eigenvalue weighted by molar-refractivity contribution is 5.81. The predicted octanol–water partition coefficient (Wildman–Crippen LogP) is 0.0619. The zero-order valence-corrected chi connectivity index (χ0v) is 17.8. The van der Waals surface area contributed by atoms with Crippen LogP contribution in [-0.4, -0.2) is 42.7 Å². The van der Waals surface area contributed by atoms with Crippen molar-refractivity contribution in [1.82, 2.24) is 24.0 Å². The number of carbonyl (C=O) groups is 2. The Hall–Kier alpha value is -2.91. The highest BCUT2D eigenvalue weighted by Gasteiger charge is 2.51. The summed E-state index contributed by atoms with van der Waals surface area (Å²) in [4.78, 5) is 53.4. The fraction of sp³-hybridized carbons (Fsp3) is 0.667. The number of aryl methyl sites for hydroxylation is 1. The van der Waals surface area contributed by atoms with Gasteiger partial charge in [-0.25, -0.2) is 9.78 Å². The van der Waals surface area contributed by atoms with Crippen LogP contribution in [0.15, 0.2) is 15.9 Å². The summed E-state index contributed by atoms with van der Waals surface area (Å²) in [6.45, 7) is -0.613. The number of imidazole rings is 1. The molecule has 4 aliphatic rings.